The van der Waals surface area contributed by atoms with E-state index in [1.165, 1.54) is 29.8 Å². The van der Waals surface area contributed by atoms with Gasteiger partial charge in [0.25, 0.3) is 5.91 Å². The lowest BCUT2D eigenvalue weighted by molar-refractivity contribution is 0.0538. The predicted molar refractivity (Wildman–Crippen MR) is 104 cm³/mol. The molecule has 1 aliphatic rings. The third-order valence-electron chi connectivity index (χ3n) is 5.34. The lowest BCUT2D eigenvalue weighted by Crippen LogP contribution is -2.36. The van der Waals surface area contributed by atoms with Crippen LogP contribution in [0.5, 0.6) is 0 Å². The number of fused-ring (bicyclic) bond motifs is 1. The fourth-order valence-electron chi connectivity index (χ4n) is 3.69. The zero-order valence-corrected chi connectivity index (χ0v) is 16.8. The summed E-state index contributed by atoms with van der Waals surface area (Å²) in [6, 6.07) is 6.96. The molecule has 164 valence electrons. The van der Waals surface area contributed by atoms with E-state index in [1.807, 2.05) is 0 Å². The quantitative estimate of drug-likeness (QED) is 0.668. The number of alkyl halides is 2. The summed E-state index contributed by atoms with van der Waals surface area (Å²) in [4.78, 5) is 25.1. The molecule has 0 aliphatic carbocycles. The van der Waals surface area contributed by atoms with Crippen molar-refractivity contribution in [3.8, 4) is 0 Å². The van der Waals surface area contributed by atoms with Gasteiger partial charge >= 0.3 is 12.2 Å². The van der Waals surface area contributed by atoms with Crippen LogP contribution >= 0.6 is 0 Å². The molecule has 1 aromatic carbocycles. The van der Waals surface area contributed by atoms with E-state index in [-0.39, 0.29) is 35.5 Å². The molecular formula is C20H21F3N6O2. The Balaban J connectivity index is 1.41. The van der Waals surface area contributed by atoms with Crippen LogP contribution in [0.2, 0.25) is 0 Å². The van der Waals surface area contributed by atoms with E-state index in [9.17, 15) is 22.8 Å². The highest BCUT2D eigenvalue weighted by Gasteiger charge is 2.24. The first-order chi connectivity index (χ1) is 14.8. The number of rotatable bonds is 5. The maximum absolute atomic E-state index is 13.1. The Labute approximate surface area is 175 Å². The van der Waals surface area contributed by atoms with Crippen molar-refractivity contribution in [3.63, 3.8) is 0 Å². The first kappa shape index (κ1) is 20.9. The van der Waals surface area contributed by atoms with E-state index in [2.05, 4.69) is 15.5 Å². The van der Waals surface area contributed by atoms with Crippen molar-refractivity contribution in [3.05, 3.63) is 69.4 Å². The Morgan fingerprint density at radius 3 is 2.65 bits per heavy atom. The van der Waals surface area contributed by atoms with E-state index < -0.39 is 12.5 Å². The summed E-state index contributed by atoms with van der Waals surface area (Å²) in [5.74, 6) is -0.261. The van der Waals surface area contributed by atoms with Crippen LogP contribution in [0.25, 0.3) is 0 Å². The SMILES string of the molecule is Cc1cc(C(=O)NC2CCc3nn(Cc4ccc(F)cc4)c(=O)n3CC2)nn1C(F)F. The molecule has 1 N–H and O–H groups in total. The zero-order valence-electron chi connectivity index (χ0n) is 16.8. The molecule has 0 radical (unpaired) electrons. The average molecular weight is 434 g/mol. The second-order valence-electron chi connectivity index (χ2n) is 7.53. The third kappa shape index (κ3) is 4.39. The van der Waals surface area contributed by atoms with Crippen molar-refractivity contribution in [1.29, 1.82) is 0 Å². The second-order valence-corrected chi connectivity index (χ2v) is 7.53. The molecule has 8 nitrogen and oxygen atoms in total. The molecule has 1 atom stereocenters. The van der Waals surface area contributed by atoms with Crippen molar-refractivity contribution >= 4 is 5.91 Å². The molecule has 0 saturated heterocycles. The number of carbonyl (C=O) groups is 1. The number of hydrogen-bond acceptors (Lipinski definition) is 4. The molecule has 0 bridgehead atoms. The summed E-state index contributed by atoms with van der Waals surface area (Å²) < 4.78 is 42.2. The second kappa shape index (κ2) is 8.40. The number of benzene rings is 1. The molecule has 2 aromatic heterocycles. The predicted octanol–water partition coefficient (Wildman–Crippen LogP) is 2.27. The monoisotopic (exact) mass is 434 g/mol. The van der Waals surface area contributed by atoms with Gasteiger partial charge in [-0.3, -0.25) is 9.36 Å². The van der Waals surface area contributed by atoms with E-state index in [0.29, 0.717) is 36.3 Å². The van der Waals surface area contributed by atoms with Gasteiger partial charge in [0.2, 0.25) is 0 Å². The lowest BCUT2D eigenvalue weighted by Gasteiger charge is -2.15. The van der Waals surface area contributed by atoms with Gasteiger partial charge < -0.3 is 5.32 Å². The number of halogens is 3. The minimum atomic E-state index is -2.81. The molecule has 11 heteroatoms. The third-order valence-corrected chi connectivity index (χ3v) is 5.34. The van der Waals surface area contributed by atoms with E-state index in [4.69, 9.17) is 0 Å². The maximum atomic E-state index is 13.1. The minimum Gasteiger partial charge on any atom is -0.348 e. The van der Waals surface area contributed by atoms with E-state index in [0.717, 1.165) is 5.56 Å². The molecule has 0 spiro atoms. The summed E-state index contributed by atoms with van der Waals surface area (Å²) in [5.41, 5.74) is 0.627. The van der Waals surface area contributed by atoms with Gasteiger partial charge in [-0.05, 0) is 43.5 Å². The number of aromatic nitrogens is 5. The summed E-state index contributed by atoms with van der Waals surface area (Å²) in [6.45, 7) is -0.746. The summed E-state index contributed by atoms with van der Waals surface area (Å²) >= 11 is 0. The molecule has 0 fully saturated rings. The van der Waals surface area contributed by atoms with Gasteiger partial charge in [0.05, 0.1) is 6.54 Å². The molecule has 0 saturated carbocycles. The van der Waals surface area contributed by atoms with E-state index >= 15 is 0 Å². The number of hydrogen-bond donors (Lipinski definition) is 1. The van der Waals surface area contributed by atoms with Gasteiger partial charge in [0.1, 0.15) is 11.6 Å². The molecule has 1 amide bonds. The van der Waals surface area contributed by atoms with Crippen molar-refractivity contribution < 1.29 is 18.0 Å². The minimum absolute atomic E-state index is 0.0681. The van der Waals surface area contributed by atoms with Crippen molar-refractivity contribution in [2.45, 2.75) is 51.9 Å². The van der Waals surface area contributed by atoms with Gasteiger partial charge in [0, 0.05) is 24.7 Å². The standard InChI is InChI=1S/C20H21F3N6O2/c1-12-10-16(25-29(12)19(22)23)18(30)24-15-6-7-17-26-28(20(31)27(17)9-8-15)11-13-2-4-14(21)5-3-13/h2-5,10,15,19H,6-9,11H2,1H3,(H,24,30). The summed E-state index contributed by atoms with van der Waals surface area (Å²) in [6.07, 6.45) is 1.52. The fraction of sp³-hybridized carbons (Fsp3) is 0.400. The van der Waals surface area contributed by atoms with Crippen LogP contribution in [-0.2, 0) is 19.5 Å². The van der Waals surface area contributed by atoms with Gasteiger partial charge in [-0.15, -0.1) is 0 Å². The molecule has 31 heavy (non-hydrogen) atoms. The largest absolute Gasteiger partial charge is 0.348 e. The van der Waals surface area contributed by atoms with Crippen LogP contribution in [0, 0.1) is 12.7 Å². The Bertz CT molecular complexity index is 1150. The van der Waals surface area contributed by atoms with Gasteiger partial charge in [-0.25, -0.2) is 18.5 Å². The first-order valence-electron chi connectivity index (χ1n) is 9.88. The molecule has 1 unspecified atom stereocenters. The first-order valence-corrected chi connectivity index (χ1v) is 9.88. The Hall–Kier alpha value is -3.37. The summed E-state index contributed by atoms with van der Waals surface area (Å²) in [5, 5.41) is 10.9. The molecule has 3 heterocycles. The van der Waals surface area contributed by atoms with Gasteiger partial charge in [0.15, 0.2) is 5.69 Å². The molecular weight excluding hydrogens is 413 g/mol. The highest BCUT2D eigenvalue weighted by molar-refractivity contribution is 5.92. The number of aryl methyl sites for hydroxylation is 2. The van der Waals surface area contributed by atoms with Crippen molar-refractivity contribution in [1.82, 2.24) is 29.4 Å². The van der Waals surface area contributed by atoms with Crippen LogP contribution in [-0.4, -0.2) is 36.1 Å². The number of nitrogens with zero attached hydrogens (tertiary/aromatic N) is 5. The lowest BCUT2D eigenvalue weighted by atomic mass is 10.1. The summed E-state index contributed by atoms with van der Waals surface area (Å²) in [7, 11) is 0. The van der Waals surface area contributed by atoms with Crippen LogP contribution < -0.4 is 11.0 Å². The van der Waals surface area contributed by atoms with Gasteiger partial charge in [-0.2, -0.15) is 19.0 Å². The van der Waals surface area contributed by atoms with Gasteiger partial charge in [-0.1, -0.05) is 12.1 Å². The average Bonchev–Trinajstić information content (AvgIpc) is 3.19. The zero-order chi connectivity index (χ0) is 22.1. The highest BCUT2D eigenvalue weighted by atomic mass is 19.3. The Kier molecular flexibility index (Phi) is 5.66. The van der Waals surface area contributed by atoms with E-state index in [1.54, 1.807) is 16.7 Å². The van der Waals surface area contributed by atoms with Crippen molar-refractivity contribution in [2.75, 3.05) is 0 Å². The number of amides is 1. The fourth-order valence-corrected chi connectivity index (χ4v) is 3.69. The Morgan fingerprint density at radius 2 is 1.97 bits per heavy atom. The Morgan fingerprint density at radius 1 is 1.23 bits per heavy atom. The van der Waals surface area contributed by atoms with Crippen LogP contribution in [0.1, 0.15) is 47.0 Å². The molecule has 4 rings (SSSR count). The highest BCUT2D eigenvalue weighted by Crippen LogP contribution is 2.16. The normalized spacial score (nSPS) is 16.2. The van der Waals surface area contributed by atoms with Crippen LogP contribution in [0.4, 0.5) is 13.2 Å². The van der Waals surface area contributed by atoms with Crippen LogP contribution in [0.3, 0.4) is 0 Å². The molecule has 1 aliphatic heterocycles. The van der Waals surface area contributed by atoms with Crippen molar-refractivity contribution in [2.24, 2.45) is 0 Å². The van der Waals surface area contributed by atoms with Crippen LogP contribution in [0.15, 0.2) is 35.1 Å². The molecule has 3 aromatic rings. The number of carbonyl (C=O) groups excluding carboxylic acids is 1. The number of nitrogens with one attached hydrogen (secondary N) is 1. The topological polar surface area (TPSA) is 86.7 Å². The maximum Gasteiger partial charge on any atom is 0.346 e. The smallest absolute Gasteiger partial charge is 0.346 e.